The van der Waals surface area contributed by atoms with E-state index < -0.39 is 21.7 Å². The first-order valence-corrected chi connectivity index (χ1v) is 5.84. The Morgan fingerprint density at radius 2 is 2.14 bits per heavy atom. The summed E-state index contributed by atoms with van der Waals surface area (Å²) in [6.07, 6.45) is 0. The maximum absolute atomic E-state index is 11.1. The van der Waals surface area contributed by atoms with Crippen LogP contribution in [0.2, 0.25) is 0 Å². The van der Waals surface area contributed by atoms with Crippen LogP contribution in [-0.4, -0.2) is 38.3 Å². The van der Waals surface area contributed by atoms with Crippen LogP contribution in [0.3, 0.4) is 0 Å². The first-order valence-electron chi connectivity index (χ1n) is 3.78. The van der Waals surface area contributed by atoms with E-state index in [9.17, 15) is 13.2 Å². The first kappa shape index (κ1) is 13.3. The van der Waals surface area contributed by atoms with Gasteiger partial charge >= 0.3 is 5.97 Å². The molecule has 0 aliphatic rings. The lowest BCUT2D eigenvalue weighted by molar-refractivity contribution is -0.139. The Bertz CT molecular complexity index is 312. The third-order valence-corrected chi connectivity index (χ3v) is 2.42. The summed E-state index contributed by atoms with van der Waals surface area (Å²) >= 11 is 4.46. The first-order chi connectivity index (χ1) is 6.37. The van der Waals surface area contributed by atoms with Crippen molar-refractivity contribution in [1.82, 2.24) is 4.72 Å². The summed E-state index contributed by atoms with van der Waals surface area (Å²) in [4.78, 5) is 10.8. The van der Waals surface area contributed by atoms with E-state index in [0.29, 0.717) is 0 Å². The molecule has 0 aromatic carbocycles. The van der Waals surface area contributed by atoms with E-state index in [2.05, 4.69) is 21.7 Å². The highest BCUT2D eigenvalue weighted by molar-refractivity contribution is 7.90. The molecule has 82 valence electrons. The molecule has 0 atom stereocenters. The van der Waals surface area contributed by atoms with Crippen molar-refractivity contribution in [2.24, 2.45) is 5.73 Å². The Morgan fingerprint density at radius 1 is 1.57 bits per heavy atom. The van der Waals surface area contributed by atoms with Gasteiger partial charge in [-0.05, 0) is 6.92 Å². The molecule has 0 bridgehead atoms. The van der Waals surface area contributed by atoms with E-state index in [1.807, 2.05) is 0 Å². The lowest BCUT2D eigenvalue weighted by atomic mass is 10.7. The van der Waals surface area contributed by atoms with Crippen LogP contribution in [0.25, 0.3) is 0 Å². The SMILES string of the molecule is CCOC(=O)CS(=O)(=O)NCC(N)=S. The van der Waals surface area contributed by atoms with E-state index in [4.69, 9.17) is 5.73 Å². The maximum atomic E-state index is 11.1. The third kappa shape index (κ3) is 6.75. The minimum absolute atomic E-state index is 0.0115. The van der Waals surface area contributed by atoms with Gasteiger partial charge in [0.1, 0.15) is 0 Å². The number of hydrogen-bond donors (Lipinski definition) is 2. The largest absolute Gasteiger partial charge is 0.465 e. The zero-order chi connectivity index (χ0) is 11.2. The number of thiocarbonyl (C=S) groups is 1. The van der Waals surface area contributed by atoms with Crippen LogP contribution in [-0.2, 0) is 19.6 Å². The molecule has 0 spiro atoms. The molecule has 0 aromatic rings. The van der Waals surface area contributed by atoms with Gasteiger partial charge in [-0.25, -0.2) is 13.1 Å². The summed E-state index contributed by atoms with van der Waals surface area (Å²) in [7, 11) is -3.69. The molecule has 0 aliphatic carbocycles. The molecule has 0 unspecified atom stereocenters. The predicted octanol–water partition coefficient (Wildman–Crippen LogP) is -1.24. The van der Waals surface area contributed by atoms with Gasteiger partial charge in [-0.1, -0.05) is 12.2 Å². The van der Waals surface area contributed by atoms with Gasteiger partial charge in [0.25, 0.3) is 0 Å². The number of ether oxygens (including phenoxy) is 1. The van der Waals surface area contributed by atoms with Crippen molar-refractivity contribution in [3.8, 4) is 0 Å². The van der Waals surface area contributed by atoms with Crippen molar-refractivity contribution < 1.29 is 17.9 Å². The average Bonchev–Trinajstić information content (AvgIpc) is 2.00. The molecular weight excluding hydrogens is 228 g/mol. The second-order valence-electron chi connectivity index (χ2n) is 2.35. The van der Waals surface area contributed by atoms with Gasteiger partial charge in [-0.3, -0.25) is 4.79 Å². The van der Waals surface area contributed by atoms with E-state index in [1.54, 1.807) is 6.92 Å². The van der Waals surface area contributed by atoms with Gasteiger partial charge in [0.05, 0.1) is 18.1 Å². The van der Waals surface area contributed by atoms with E-state index in [0.717, 1.165) is 0 Å². The molecule has 0 rings (SSSR count). The lowest BCUT2D eigenvalue weighted by Crippen LogP contribution is -2.36. The molecule has 14 heavy (non-hydrogen) atoms. The minimum atomic E-state index is -3.69. The van der Waals surface area contributed by atoms with Gasteiger partial charge in [0.2, 0.25) is 10.0 Å². The predicted molar refractivity (Wildman–Crippen MR) is 55.2 cm³/mol. The highest BCUT2D eigenvalue weighted by atomic mass is 32.2. The number of hydrogen-bond acceptors (Lipinski definition) is 5. The van der Waals surface area contributed by atoms with Crippen molar-refractivity contribution in [2.45, 2.75) is 6.92 Å². The molecule has 6 nitrogen and oxygen atoms in total. The maximum Gasteiger partial charge on any atom is 0.322 e. The number of carbonyl (C=O) groups excluding carboxylic acids is 1. The van der Waals surface area contributed by atoms with Crippen LogP contribution in [0.15, 0.2) is 0 Å². The van der Waals surface area contributed by atoms with Crippen molar-refractivity contribution in [2.75, 3.05) is 18.9 Å². The highest BCUT2D eigenvalue weighted by Crippen LogP contribution is 1.87. The molecule has 0 radical (unpaired) electrons. The Morgan fingerprint density at radius 3 is 2.57 bits per heavy atom. The van der Waals surface area contributed by atoms with Crippen molar-refractivity contribution in [1.29, 1.82) is 0 Å². The van der Waals surface area contributed by atoms with Crippen LogP contribution in [0.1, 0.15) is 6.92 Å². The summed E-state index contributed by atoms with van der Waals surface area (Å²) < 4.78 is 28.7. The molecule has 3 N–H and O–H groups in total. The van der Waals surface area contributed by atoms with Crippen molar-refractivity contribution in [3.05, 3.63) is 0 Å². The van der Waals surface area contributed by atoms with E-state index in [-0.39, 0.29) is 18.1 Å². The van der Waals surface area contributed by atoms with Gasteiger partial charge < -0.3 is 10.5 Å². The summed E-state index contributed by atoms with van der Waals surface area (Å²) in [5.74, 6) is -1.52. The molecule has 0 aliphatic heterocycles. The number of nitrogens with two attached hydrogens (primary N) is 1. The third-order valence-electron chi connectivity index (χ3n) is 1.08. The monoisotopic (exact) mass is 240 g/mol. The fourth-order valence-electron chi connectivity index (χ4n) is 0.590. The summed E-state index contributed by atoms with van der Waals surface area (Å²) in [6.45, 7) is 1.58. The zero-order valence-corrected chi connectivity index (χ0v) is 9.28. The molecule has 0 saturated heterocycles. The Kier molecular flexibility index (Phi) is 5.58. The van der Waals surface area contributed by atoms with Gasteiger partial charge in [0, 0.05) is 0 Å². The van der Waals surface area contributed by atoms with Crippen LogP contribution in [0.4, 0.5) is 0 Å². The van der Waals surface area contributed by atoms with Crippen molar-refractivity contribution in [3.63, 3.8) is 0 Å². The fraction of sp³-hybridized carbons (Fsp3) is 0.667. The van der Waals surface area contributed by atoms with Crippen LogP contribution in [0.5, 0.6) is 0 Å². The van der Waals surface area contributed by atoms with Gasteiger partial charge in [-0.2, -0.15) is 0 Å². The summed E-state index contributed by atoms with van der Waals surface area (Å²) in [6, 6.07) is 0. The van der Waals surface area contributed by atoms with E-state index >= 15 is 0 Å². The number of sulfonamides is 1. The van der Waals surface area contributed by atoms with Gasteiger partial charge in [0.15, 0.2) is 5.75 Å². The second kappa shape index (κ2) is 5.89. The standard InChI is InChI=1S/C6H12N2O4S2/c1-2-12-6(9)4-14(10,11)8-3-5(7)13/h8H,2-4H2,1H3,(H2,7,13). The number of esters is 1. The molecule has 0 saturated carbocycles. The van der Waals surface area contributed by atoms with Crippen molar-refractivity contribution >= 4 is 33.2 Å². The molecule has 8 heteroatoms. The summed E-state index contributed by atoms with van der Waals surface area (Å²) in [5.41, 5.74) is 5.08. The number of rotatable bonds is 6. The molecular formula is C6H12N2O4S2. The van der Waals surface area contributed by atoms with E-state index in [1.165, 1.54) is 0 Å². The Hall–Kier alpha value is -0.730. The normalized spacial score (nSPS) is 10.9. The molecule has 0 heterocycles. The smallest absolute Gasteiger partial charge is 0.322 e. The number of nitrogens with one attached hydrogen (secondary N) is 1. The Labute approximate surface area is 87.8 Å². The van der Waals surface area contributed by atoms with Crippen LogP contribution in [0, 0.1) is 0 Å². The second-order valence-corrected chi connectivity index (χ2v) is 4.68. The van der Waals surface area contributed by atoms with Gasteiger partial charge in [-0.15, -0.1) is 0 Å². The quantitative estimate of drug-likeness (QED) is 0.445. The van der Waals surface area contributed by atoms with Crippen LogP contribution >= 0.6 is 12.2 Å². The lowest BCUT2D eigenvalue weighted by Gasteiger charge is -2.04. The fourth-order valence-corrected chi connectivity index (χ4v) is 1.62. The number of carbonyl (C=O) groups is 1. The average molecular weight is 240 g/mol. The topological polar surface area (TPSA) is 98.5 Å². The Balaban J connectivity index is 4.08. The molecule has 0 aromatic heterocycles. The van der Waals surface area contributed by atoms with Crippen LogP contribution < -0.4 is 10.5 Å². The molecule has 0 amide bonds. The summed E-state index contributed by atoms with van der Waals surface area (Å²) in [5, 5.41) is 0. The minimum Gasteiger partial charge on any atom is -0.465 e. The highest BCUT2D eigenvalue weighted by Gasteiger charge is 2.16. The molecule has 0 fully saturated rings. The zero-order valence-electron chi connectivity index (χ0n) is 7.65.